The fourth-order valence-electron chi connectivity index (χ4n) is 3.59. The molecule has 19 heavy (non-hydrogen) atoms. The van der Waals surface area contributed by atoms with Crippen LogP contribution < -0.4 is 0 Å². The van der Waals surface area contributed by atoms with Gasteiger partial charge >= 0.3 is 0 Å². The third kappa shape index (κ3) is 2.48. The minimum atomic E-state index is -0.489. The summed E-state index contributed by atoms with van der Waals surface area (Å²) < 4.78 is 2.69. The van der Waals surface area contributed by atoms with E-state index < -0.39 is 6.10 Å². The van der Waals surface area contributed by atoms with Crippen molar-refractivity contribution in [3.05, 3.63) is 16.4 Å². The Morgan fingerprint density at radius 1 is 1.42 bits per heavy atom. The van der Waals surface area contributed by atoms with Crippen molar-refractivity contribution in [3.8, 4) is 0 Å². The van der Waals surface area contributed by atoms with Crippen LogP contribution in [0.5, 0.6) is 0 Å². The molecule has 0 spiro atoms. The first kappa shape index (κ1) is 15.0. The van der Waals surface area contributed by atoms with Gasteiger partial charge in [0.05, 0.1) is 21.9 Å². The number of aryl methyl sites for hydroxylation is 1. The first-order chi connectivity index (χ1) is 9.06. The van der Waals surface area contributed by atoms with Crippen LogP contribution in [0.2, 0.25) is 0 Å². The summed E-state index contributed by atoms with van der Waals surface area (Å²) >= 11 is 3.52. The number of halogens is 1. The average Bonchev–Trinajstić information content (AvgIpc) is 2.99. The van der Waals surface area contributed by atoms with Gasteiger partial charge in [-0.1, -0.05) is 26.7 Å². The van der Waals surface area contributed by atoms with Crippen molar-refractivity contribution < 1.29 is 5.11 Å². The van der Waals surface area contributed by atoms with Crippen molar-refractivity contribution >= 4 is 15.9 Å². The molecule has 1 aromatic rings. The summed E-state index contributed by atoms with van der Waals surface area (Å²) in [6.07, 6.45) is 5.80. The van der Waals surface area contributed by atoms with Crippen LogP contribution in [0, 0.1) is 0 Å². The Balaban J connectivity index is 2.39. The molecule has 2 rings (SSSR count). The summed E-state index contributed by atoms with van der Waals surface area (Å²) in [7, 11) is 1.90. The number of likely N-dealkylation sites (N-methyl/N-ethyl adjacent to an activating group) is 1. The van der Waals surface area contributed by atoms with Crippen LogP contribution in [0.1, 0.15) is 51.3 Å². The smallest absolute Gasteiger partial charge is 0.115 e. The third-order valence-corrected chi connectivity index (χ3v) is 5.18. The van der Waals surface area contributed by atoms with Crippen LogP contribution in [-0.2, 0) is 7.05 Å². The van der Waals surface area contributed by atoms with Gasteiger partial charge in [-0.3, -0.25) is 9.58 Å². The summed E-state index contributed by atoms with van der Waals surface area (Å²) in [6.45, 7) is 6.30. The molecule has 108 valence electrons. The van der Waals surface area contributed by atoms with Gasteiger partial charge in [0.25, 0.3) is 0 Å². The van der Waals surface area contributed by atoms with E-state index in [0.29, 0.717) is 0 Å². The summed E-state index contributed by atoms with van der Waals surface area (Å²) in [4.78, 5) is 2.42. The summed E-state index contributed by atoms with van der Waals surface area (Å²) in [5.41, 5.74) is 0.772. The monoisotopic (exact) mass is 329 g/mol. The van der Waals surface area contributed by atoms with Gasteiger partial charge < -0.3 is 5.11 Å². The maximum atomic E-state index is 11.0. The Morgan fingerprint density at radius 2 is 2.00 bits per heavy atom. The van der Waals surface area contributed by atoms with Crippen molar-refractivity contribution in [2.45, 2.75) is 51.2 Å². The quantitative estimate of drug-likeness (QED) is 0.903. The van der Waals surface area contributed by atoms with E-state index in [1.54, 1.807) is 10.9 Å². The summed E-state index contributed by atoms with van der Waals surface area (Å²) in [5.74, 6) is 0. The molecule has 0 saturated heterocycles. The van der Waals surface area contributed by atoms with E-state index in [9.17, 15) is 5.11 Å². The van der Waals surface area contributed by atoms with Gasteiger partial charge in [-0.25, -0.2) is 0 Å². The summed E-state index contributed by atoms with van der Waals surface area (Å²) in [5, 5.41) is 15.3. The van der Waals surface area contributed by atoms with Crippen molar-refractivity contribution in [2.24, 2.45) is 7.05 Å². The lowest BCUT2D eigenvalue weighted by Gasteiger charge is -2.44. The van der Waals surface area contributed by atoms with E-state index in [0.717, 1.165) is 36.1 Å². The molecule has 0 bridgehead atoms. The molecule has 4 nitrogen and oxygen atoms in total. The van der Waals surface area contributed by atoms with Gasteiger partial charge in [-0.15, -0.1) is 0 Å². The fraction of sp³-hybridized carbons (Fsp3) is 0.786. The molecule has 1 heterocycles. The molecule has 1 aliphatic carbocycles. The largest absolute Gasteiger partial charge is 0.385 e. The van der Waals surface area contributed by atoms with E-state index in [1.807, 2.05) is 7.05 Å². The maximum absolute atomic E-state index is 11.0. The maximum Gasteiger partial charge on any atom is 0.115 e. The minimum Gasteiger partial charge on any atom is -0.385 e. The Kier molecular flexibility index (Phi) is 4.69. The highest BCUT2D eigenvalue weighted by atomic mass is 79.9. The van der Waals surface area contributed by atoms with E-state index in [-0.39, 0.29) is 5.54 Å². The molecule has 1 atom stereocenters. The molecule has 5 heteroatoms. The molecule has 0 aromatic carbocycles. The Hall–Kier alpha value is -0.390. The van der Waals surface area contributed by atoms with Crippen LogP contribution in [0.25, 0.3) is 0 Å². The Bertz CT molecular complexity index is 403. The van der Waals surface area contributed by atoms with Crippen LogP contribution >= 0.6 is 15.9 Å². The molecule has 1 unspecified atom stereocenters. The standard InChI is InChI=1S/C14H24BrN3O/c1-4-18(5-2)14(8-6-7-9-14)13(19)12-11(15)10-16-17(12)3/h10,13,19H,4-9H2,1-3H3. The lowest BCUT2D eigenvalue weighted by molar-refractivity contribution is -0.0312. The highest BCUT2D eigenvalue weighted by molar-refractivity contribution is 9.10. The van der Waals surface area contributed by atoms with Crippen molar-refractivity contribution in [3.63, 3.8) is 0 Å². The Morgan fingerprint density at radius 3 is 2.42 bits per heavy atom. The van der Waals surface area contributed by atoms with Gasteiger partial charge in [-0.05, 0) is 41.9 Å². The molecule has 0 amide bonds. The van der Waals surface area contributed by atoms with Gasteiger partial charge in [-0.2, -0.15) is 5.10 Å². The molecular weight excluding hydrogens is 306 g/mol. The number of aliphatic hydroxyl groups is 1. The van der Waals surface area contributed by atoms with Crippen LogP contribution in [0.3, 0.4) is 0 Å². The second-order valence-electron chi connectivity index (χ2n) is 5.39. The van der Waals surface area contributed by atoms with E-state index in [1.165, 1.54) is 12.8 Å². The number of hydrogen-bond acceptors (Lipinski definition) is 3. The lowest BCUT2D eigenvalue weighted by Crippen LogP contribution is -2.51. The van der Waals surface area contributed by atoms with Crippen LogP contribution in [-0.4, -0.2) is 38.4 Å². The van der Waals surface area contributed by atoms with E-state index >= 15 is 0 Å². The predicted octanol–water partition coefficient (Wildman–Crippen LogP) is 2.87. The van der Waals surface area contributed by atoms with Crippen LogP contribution in [0.4, 0.5) is 0 Å². The van der Waals surface area contributed by atoms with Crippen LogP contribution in [0.15, 0.2) is 10.7 Å². The second kappa shape index (κ2) is 5.94. The highest BCUT2D eigenvalue weighted by Gasteiger charge is 2.46. The SMILES string of the molecule is CCN(CC)C1(C(O)c2c(Br)cnn2C)CCCC1. The van der Waals surface area contributed by atoms with Gasteiger partial charge in [0.15, 0.2) is 0 Å². The highest BCUT2D eigenvalue weighted by Crippen LogP contribution is 2.45. The zero-order valence-corrected chi connectivity index (χ0v) is 13.7. The van der Waals surface area contributed by atoms with Crippen molar-refractivity contribution in [1.82, 2.24) is 14.7 Å². The molecule has 0 radical (unpaired) electrons. The lowest BCUT2D eigenvalue weighted by atomic mass is 9.86. The molecule has 1 N–H and O–H groups in total. The molecular formula is C14H24BrN3O. The second-order valence-corrected chi connectivity index (χ2v) is 6.24. The normalized spacial score (nSPS) is 20.1. The van der Waals surface area contributed by atoms with Gasteiger partial charge in [0.2, 0.25) is 0 Å². The summed E-state index contributed by atoms with van der Waals surface area (Å²) in [6, 6.07) is 0. The molecule has 1 fully saturated rings. The Labute approximate surface area is 123 Å². The first-order valence-corrected chi connectivity index (χ1v) is 7.96. The van der Waals surface area contributed by atoms with Gasteiger partial charge in [0, 0.05) is 7.05 Å². The zero-order chi connectivity index (χ0) is 14.0. The first-order valence-electron chi connectivity index (χ1n) is 7.17. The topological polar surface area (TPSA) is 41.3 Å². The van der Waals surface area contributed by atoms with E-state index in [4.69, 9.17) is 0 Å². The number of nitrogens with zero attached hydrogens (tertiary/aromatic N) is 3. The molecule has 1 aliphatic rings. The molecule has 1 saturated carbocycles. The number of rotatable bonds is 5. The van der Waals surface area contributed by atoms with E-state index in [2.05, 4.69) is 39.8 Å². The minimum absolute atomic E-state index is 0.125. The number of hydrogen-bond donors (Lipinski definition) is 1. The number of aromatic nitrogens is 2. The fourth-order valence-corrected chi connectivity index (χ4v) is 4.15. The average molecular weight is 330 g/mol. The predicted molar refractivity (Wildman–Crippen MR) is 80.0 cm³/mol. The third-order valence-electron chi connectivity index (χ3n) is 4.57. The molecule has 0 aliphatic heterocycles. The van der Waals surface area contributed by atoms with Crippen molar-refractivity contribution in [2.75, 3.05) is 13.1 Å². The zero-order valence-electron chi connectivity index (χ0n) is 12.1. The van der Waals surface area contributed by atoms with Gasteiger partial charge in [0.1, 0.15) is 6.10 Å². The van der Waals surface area contributed by atoms with Crippen molar-refractivity contribution in [1.29, 1.82) is 0 Å². The molecule has 1 aromatic heterocycles. The number of aliphatic hydroxyl groups excluding tert-OH is 1.